The Balaban J connectivity index is 3.02. The maximum Gasteiger partial charge on any atom is -0.00369 e. The summed E-state index contributed by atoms with van der Waals surface area (Å²) in [7, 11) is 0. The summed E-state index contributed by atoms with van der Waals surface area (Å²) in [6.07, 6.45) is 2.32. The minimum Gasteiger partial charge on any atom is -0.330 e. The highest BCUT2D eigenvalue weighted by molar-refractivity contribution is 4.62. The highest BCUT2D eigenvalue weighted by Crippen LogP contribution is 2.16. The molecule has 68 valence electrons. The van der Waals surface area contributed by atoms with Crippen molar-refractivity contribution in [3.05, 3.63) is 0 Å². The third-order valence-electron chi connectivity index (χ3n) is 1.61. The Hall–Kier alpha value is -0.0800. The van der Waals surface area contributed by atoms with Crippen LogP contribution in [0.1, 0.15) is 33.6 Å². The Labute approximate surface area is 70.5 Å². The number of hydrogen-bond acceptors (Lipinski definition) is 2. The van der Waals surface area contributed by atoms with Gasteiger partial charge in [0.1, 0.15) is 0 Å². The normalized spacial score (nSPS) is 12.0. The first-order chi connectivity index (χ1) is 5.06. The lowest BCUT2D eigenvalue weighted by atomic mass is 9.92. The second kappa shape index (κ2) is 5.56. The first kappa shape index (κ1) is 10.9. The third kappa shape index (κ3) is 9.92. The molecule has 0 amide bonds. The second-order valence-corrected chi connectivity index (χ2v) is 4.20. The number of nitrogens with two attached hydrogens (primary N) is 1. The van der Waals surface area contributed by atoms with Crippen molar-refractivity contribution in [3.63, 3.8) is 0 Å². The highest BCUT2D eigenvalue weighted by Gasteiger charge is 2.07. The molecule has 0 spiro atoms. The molecule has 0 saturated heterocycles. The van der Waals surface area contributed by atoms with Crippen molar-refractivity contribution in [2.24, 2.45) is 11.1 Å². The summed E-state index contributed by atoms with van der Waals surface area (Å²) in [5, 5.41) is 3.36. The van der Waals surface area contributed by atoms with Gasteiger partial charge in [0.15, 0.2) is 0 Å². The Morgan fingerprint density at radius 2 is 1.82 bits per heavy atom. The van der Waals surface area contributed by atoms with Crippen LogP contribution in [0.25, 0.3) is 0 Å². The van der Waals surface area contributed by atoms with E-state index in [9.17, 15) is 0 Å². The van der Waals surface area contributed by atoms with Gasteiger partial charge < -0.3 is 11.1 Å². The van der Waals surface area contributed by atoms with Crippen molar-refractivity contribution in [1.82, 2.24) is 5.32 Å². The molecular weight excluding hydrogens is 136 g/mol. The van der Waals surface area contributed by atoms with E-state index < -0.39 is 0 Å². The first-order valence-electron chi connectivity index (χ1n) is 4.47. The van der Waals surface area contributed by atoms with Crippen molar-refractivity contribution in [3.8, 4) is 0 Å². The molecule has 0 atom stereocenters. The number of rotatable bonds is 5. The molecule has 0 aromatic carbocycles. The molecule has 0 saturated carbocycles. The first-order valence-corrected chi connectivity index (χ1v) is 4.47. The average Bonchev–Trinajstić information content (AvgIpc) is 1.85. The predicted octanol–water partition coefficient (Wildman–Crippen LogP) is 1.36. The molecule has 0 aliphatic carbocycles. The summed E-state index contributed by atoms with van der Waals surface area (Å²) in [6, 6.07) is 0. The fourth-order valence-corrected chi connectivity index (χ4v) is 0.815. The van der Waals surface area contributed by atoms with Crippen LogP contribution < -0.4 is 11.1 Å². The van der Waals surface area contributed by atoms with Crippen LogP contribution in [0.3, 0.4) is 0 Å². The van der Waals surface area contributed by atoms with Crippen molar-refractivity contribution in [2.45, 2.75) is 33.6 Å². The van der Waals surface area contributed by atoms with Gasteiger partial charge in [-0.05, 0) is 37.9 Å². The molecule has 0 radical (unpaired) electrons. The van der Waals surface area contributed by atoms with E-state index in [1.165, 1.54) is 6.42 Å². The summed E-state index contributed by atoms with van der Waals surface area (Å²) in [4.78, 5) is 0. The summed E-state index contributed by atoms with van der Waals surface area (Å²) in [5.41, 5.74) is 5.81. The van der Waals surface area contributed by atoms with Crippen LogP contribution in [0.4, 0.5) is 0 Å². The van der Waals surface area contributed by atoms with E-state index >= 15 is 0 Å². The Morgan fingerprint density at radius 3 is 2.27 bits per heavy atom. The minimum atomic E-state index is 0.454. The van der Waals surface area contributed by atoms with E-state index in [1.54, 1.807) is 0 Å². The number of hydrogen-bond donors (Lipinski definition) is 2. The summed E-state index contributed by atoms with van der Waals surface area (Å²) in [5.74, 6) is 0. The zero-order chi connectivity index (χ0) is 8.74. The second-order valence-electron chi connectivity index (χ2n) is 4.20. The molecule has 0 unspecified atom stereocenters. The van der Waals surface area contributed by atoms with E-state index in [0.717, 1.165) is 26.1 Å². The van der Waals surface area contributed by atoms with Gasteiger partial charge in [-0.25, -0.2) is 0 Å². The zero-order valence-corrected chi connectivity index (χ0v) is 8.11. The molecule has 0 aliphatic heterocycles. The van der Waals surface area contributed by atoms with Gasteiger partial charge in [-0.1, -0.05) is 20.8 Å². The fourth-order valence-electron chi connectivity index (χ4n) is 0.815. The molecule has 0 rings (SSSR count). The van der Waals surface area contributed by atoms with E-state index in [1.807, 2.05) is 0 Å². The topological polar surface area (TPSA) is 38.0 Å². The van der Waals surface area contributed by atoms with Gasteiger partial charge in [0.2, 0.25) is 0 Å². The molecule has 0 fully saturated rings. The van der Waals surface area contributed by atoms with Crippen LogP contribution in [0, 0.1) is 5.41 Å². The van der Waals surface area contributed by atoms with Gasteiger partial charge in [-0.3, -0.25) is 0 Å². The molecule has 2 heteroatoms. The van der Waals surface area contributed by atoms with Gasteiger partial charge in [0.25, 0.3) is 0 Å². The van der Waals surface area contributed by atoms with E-state index in [2.05, 4.69) is 26.1 Å². The van der Waals surface area contributed by atoms with Gasteiger partial charge in [0, 0.05) is 0 Å². The minimum absolute atomic E-state index is 0.454. The van der Waals surface area contributed by atoms with Gasteiger partial charge in [-0.15, -0.1) is 0 Å². The van der Waals surface area contributed by atoms with Crippen LogP contribution in [-0.2, 0) is 0 Å². The molecule has 11 heavy (non-hydrogen) atoms. The van der Waals surface area contributed by atoms with Crippen molar-refractivity contribution < 1.29 is 0 Å². The van der Waals surface area contributed by atoms with Gasteiger partial charge in [-0.2, -0.15) is 0 Å². The zero-order valence-electron chi connectivity index (χ0n) is 8.11. The summed E-state index contributed by atoms with van der Waals surface area (Å²) in [6.45, 7) is 9.76. The molecule has 0 aromatic heterocycles. The van der Waals surface area contributed by atoms with Crippen LogP contribution in [0.2, 0.25) is 0 Å². The largest absolute Gasteiger partial charge is 0.330 e. The van der Waals surface area contributed by atoms with Gasteiger partial charge in [0.05, 0.1) is 0 Å². The Morgan fingerprint density at radius 1 is 1.18 bits per heavy atom. The van der Waals surface area contributed by atoms with Crippen LogP contribution in [-0.4, -0.2) is 19.6 Å². The molecule has 0 aromatic rings. The molecule has 3 N–H and O–H groups in total. The fraction of sp³-hybridized carbons (Fsp3) is 1.00. The average molecular weight is 158 g/mol. The molecule has 0 heterocycles. The quantitative estimate of drug-likeness (QED) is 0.593. The Bertz CT molecular complexity index is 84.1. The summed E-state index contributed by atoms with van der Waals surface area (Å²) >= 11 is 0. The molecule has 0 aliphatic rings. The molecular formula is C9H22N2. The monoisotopic (exact) mass is 158 g/mol. The summed E-state index contributed by atoms with van der Waals surface area (Å²) < 4.78 is 0. The SMILES string of the molecule is CC(C)(C)CCNCCCN. The lowest BCUT2D eigenvalue weighted by Gasteiger charge is -2.17. The van der Waals surface area contributed by atoms with Crippen molar-refractivity contribution in [2.75, 3.05) is 19.6 Å². The van der Waals surface area contributed by atoms with E-state index in [-0.39, 0.29) is 0 Å². The van der Waals surface area contributed by atoms with Crippen LogP contribution in [0.5, 0.6) is 0 Å². The van der Waals surface area contributed by atoms with Crippen LogP contribution in [0.15, 0.2) is 0 Å². The van der Waals surface area contributed by atoms with Crippen LogP contribution >= 0.6 is 0 Å². The predicted molar refractivity (Wildman–Crippen MR) is 50.6 cm³/mol. The van der Waals surface area contributed by atoms with E-state index in [0.29, 0.717) is 5.41 Å². The van der Waals surface area contributed by atoms with Gasteiger partial charge >= 0.3 is 0 Å². The van der Waals surface area contributed by atoms with Crippen molar-refractivity contribution in [1.29, 1.82) is 0 Å². The lowest BCUT2D eigenvalue weighted by Crippen LogP contribution is -2.23. The lowest BCUT2D eigenvalue weighted by molar-refractivity contribution is 0.367. The maximum absolute atomic E-state index is 5.36. The molecule has 2 nitrogen and oxygen atoms in total. The Kier molecular flexibility index (Phi) is 5.51. The van der Waals surface area contributed by atoms with E-state index in [4.69, 9.17) is 5.73 Å². The highest BCUT2D eigenvalue weighted by atomic mass is 14.8. The number of nitrogens with one attached hydrogen (secondary N) is 1. The third-order valence-corrected chi connectivity index (χ3v) is 1.61. The maximum atomic E-state index is 5.36. The molecule has 0 bridgehead atoms. The smallest absolute Gasteiger partial charge is 0.00369 e. The van der Waals surface area contributed by atoms with Crippen molar-refractivity contribution >= 4 is 0 Å². The standard InChI is InChI=1S/C9H22N2/c1-9(2,3)5-8-11-7-4-6-10/h11H,4-8,10H2,1-3H3.